The highest BCUT2D eigenvalue weighted by Crippen LogP contribution is 2.35. The fraction of sp³-hybridized carbons (Fsp3) is 0.562. The van der Waals surface area contributed by atoms with Crippen LogP contribution in [0.4, 0.5) is 0 Å². The lowest BCUT2D eigenvalue weighted by Gasteiger charge is -2.26. The Morgan fingerprint density at radius 3 is 2.45 bits per heavy atom. The second-order valence-corrected chi connectivity index (χ2v) is 5.58. The quantitative estimate of drug-likeness (QED) is 0.877. The maximum absolute atomic E-state index is 12.1. The van der Waals surface area contributed by atoms with Crippen molar-refractivity contribution < 1.29 is 4.79 Å². The van der Waals surface area contributed by atoms with Crippen molar-refractivity contribution in [2.24, 2.45) is 17.6 Å². The van der Waals surface area contributed by atoms with Crippen molar-refractivity contribution in [1.29, 1.82) is 0 Å². The number of nitrogens with one attached hydrogen (secondary N) is 1. The van der Waals surface area contributed by atoms with Gasteiger partial charge < -0.3 is 11.1 Å². The molecule has 1 aromatic carbocycles. The minimum Gasteiger partial charge on any atom is -0.349 e. The molecule has 0 saturated heterocycles. The van der Waals surface area contributed by atoms with Crippen LogP contribution in [0, 0.1) is 11.8 Å². The molecule has 0 heterocycles. The first kappa shape index (κ1) is 17.0. The van der Waals surface area contributed by atoms with Crippen LogP contribution in [0.15, 0.2) is 30.3 Å². The average molecular weight is 297 g/mol. The lowest BCUT2D eigenvalue weighted by Crippen LogP contribution is -2.38. The second kappa shape index (κ2) is 8.28. The molecule has 0 aromatic heterocycles. The first-order valence-corrected chi connectivity index (χ1v) is 7.27. The van der Waals surface area contributed by atoms with E-state index in [9.17, 15) is 4.79 Å². The van der Waals surface area contributed by atoms with E-state index in [-0.39, 0.29) is 30.3 Å². The van der Waals surface area contributed by atoms with E-state index < -0.39 is 0 Å². The molecule has 4 heteroatoms. The fourth-order valence-corrected chi connectivity index (χ4v) is 2.83. The van der Waals surface area contributed by atoms with Crippen molar-refractivity contribution in [1.82, 2.24) is 5.32 Å². The summed E-state index contributed by atoms with van der Waals surface area (Å²) in [5, 5.41) is 3.21. The van der Waals surface area contributed by atoms with Crippen molar-refractivity contribution in [3.8, 4) is 0 Å². The van der Waals surface area contributed by atoms with Crippen molar-refractivity contribution >= 4 is 18.3 Å². The third kappa shape index (κ3) is 4.22. The molecule has 2 atom stereocenters. The SMILES string of the molecule is CC(CN)C(=O)NC(c1ccccc1)C1CCCC1.Cl. The highest BCUT2D eigenvalue weighted by atomic mass is 35.5. The summed E-state index contributed by atoms with van der Waals surface area (Å²) in [6.07, 6.45) is 4.96. The molecule has 1 saturated carbocycles. The van der Waals surface area contributed by atoms with Crippen molar-refractivity contribution in [3.05, 3.63) is 35.9 Å². The number of hydrogen-bond donors (Lipinski definition) is 2. The average Bonchev–Trinajstić information content (AvgIpc) is 2.98. The number of amides is 1. The number of carbonyl (C=O) groups is 1. The molecule has 1 fully saturated rings. The smallest absolute Gasteiger partial charge is 0.224 e. The Bertz CT molecular complexity index is 404. The van der Waals surface area contributed by atoms with Gasteiger partial charge in [0.25, 0.3) is 0 Å². The first-order valence-electron chi connectivity index (χ1n) is 7.27. The molecule has 0 aliphatic heterocycles. The predicted molar refractivity (Wildman–Crippen MR) is 84.8 cm³/mol. The zero-order valence-corrected chi connectivity index (χ0v) is 12.9. The van der Waals surface area contributed by atoms with Gasteiger partial charge in [0, 0.05) is 12.5 Å². The van der Waals surface area contributed by atoms with Gasteiger partial charge >= 0.3 is 0 Å². The van der Waals surface area contributed by atoms with E-state index in [0.717, 1.165) is 0 Å². The molecule has 1 aliphatic rings. The molecule has 1 aliphatic carbocycles. The normalized spacial score (nSPS) is 18.1. The summed E-state index contributed by atoms with van der Waals surface area (Å²) in [6.45, 7) is 2.28. The topological polar surface area (TPSA) is 55.1 Å². The molecule has 1 amide bonds. The van der Waals surface area contributed by atoms with E-state index in [2.05, 4.69) is 17.4 Å². The van der Waals surface area contributed by atoms with E-state index in [4.69, 9.17) is 5.73 Å². The third-order valence-electron chi connectivity index (χ3n) is 4.13. The Morgan fingerprint density at radius 2 is 1.90 bits per heavy atom. The summed E-state index contributed by atoms with van der Waals surface area (Å²) in [4.78, 5) is 12.1. The standard InChI is InChI=1S/C16H24N2O.ClH/c1-12(11-17)16(19)18-15(14-9-5-6-10-14)13-7-3-2-4-8-13;/h2-4,7-8,12,14-15H,5-6,9-11,17H2,1H3,(H,18,19);1H. The van der Waals surface area contributed by atoms with Crippen LogP contribution >= 0.6 is 12.4 Å². The van der Waals surface area contributed by atoms with Crippen LogP contribution in [0.1, 0.15) is 44.2 Å². The molecule has 2 rings (SSSR count). The minimum absolute atomic E-state index is 0. The number of carbonyl (C=O) groups excluding carboxylic acids is 1. The highest BCUT2D eigenvalue weighted by Gasteiger charge is 2.28. The molecular formula is C16H25ClN2O. The van der Waals surface area contributed by atoms with E-state index in [1.807, 2.05) is 25.1 Å². The summed E-state index contributed by atoms with van der Waals surface area (Å²) in [5.74, 6) is 0.521. The Labute approximate surface area is 127 Å². The summed E-state index contributed by atoms with van der Waals surface area (Å²) < 4.78 is 0. The molecular weight excluding hydrogens is 272 g/mol. The van der Waals surface area contributed by atoms with Gasteiger partial charge in [-0.1, -0.05) is 50.1 Å². The van der Waals surface area contributed by atoms with Crippen LogP contribution in [-0.4, -0.2) is 12.5 Å². The third-order valence-corrected chi connectivity index (χ3v) is 4.13. The van der Waals surface area contributed by atoms with Crippen molar-refractivity contribution in [3.63, 3.8) is 0 Å². The van der Waals surface area contributed by atoms with E-state index in [1.165, 1.54) is 31.2 Å². The summed E-state index contributed by atoms with van der Waals surface area (Å²) in [6, 6.07) is 10.4. The van der Waals surface area contributed by atoms with Gasteiger partial charge in [0.05, 0.1) is 6.04 Å². The Balaban J connectivity index is 0.00000200. The Kier molecular flexibility index (Phi) is 7.03. The number of halogens is 1. The van der Waals surface area contributed by atoms with Gasteiger partial charge in [0.2, 0.25) is 5.91 Å². The number of rotatable bonds is 5. The van der Waals surface area contributed by atoms with Gasteiger partial charge in [-0.05, 0) is 24.3 Å². The van der Waals surface area contributed by atoms with Crippen LogP contribution in [0.5, 0.6) is 0 Å². The van der Waals surface area contributed by atoms with E-state index >= 15 is 0 Å². The minimum atomic E-state index is -0.118. The predicted octanol–water partition coefficient (Wildman–Crippen LogP) is 3.05. The summed E-state index contributed by atoms with van der Waals surface area (Å²) in [5.41, 5.74) is 6.79. The van der Waals surface area contributed by atoms with Crippen LogP contribution in [-0.2, 0) is 4.79 Å². The number of hydrogen-bond acceptors (Lipinski definition) is 2. The van der Waals surface area contributed by atoms with Gasteiger partial charge in [0.15, 0.2) is 0 Å². The van der Waals surface area contributed by atoms with E-state index in [0.29, 0.717) is 12.5 Å². The second-order valence-electron chi connectivity index (χ2n) is 5.58. The largest absolute Gasteiger partial charge is 0.349 e. The first-order chi connectivity index (χ1) is 9.22. The summed E-state index contributed by atoms with van der Waals surface area (Å²) in [7, 11) is 0. The maximum atomic E-state index is 12.1. The molecule has 112 valence electrons. The van der Waals surface area contributed by atoms with Gasteiger partial charge in [-0.2, -0.15) is 0 Å². The highest BCUT2D eigenvalue weighted by molar-refractivity contribution is 5.85. The molecule has 0 bridgehead atoms. The van der Waals surface area contributed by atoms with Crippen molar-refractivity contribution in [2.45, 2.75) is 38.6 Å². The van der Waals surface area contributed by atoms with Gasteiger partial charge in [-0.15, -0.1) is 12.4 Å². The lowest BCUT2D eigenvalue weighted by atomic mass is 9.91. The van der Waals surface area contributed by atoms with Crippen LogP contribution in [0.3, 0.4) is 0 Å². The zero-order chi connectivity index (χ0) is 13.7. The van der Waals surface area contributed by atoms with Crippen LogP contribution in [0.2, 0.25) is 0 Å². The number of benzene rings is 1. The molecule has 0 radical (unpaired) electrons. The van der Waals surface area contributed by atoms with E-state index in [1.54, 1.807) is 0 Å². The fourth-order valence-electron chi connectivity index (χ4n) is 2.83. The van der Waals surface area contributed by atoms with Gasteiger partial charge in [0.1, 0.15) is 0 Å². The summed E-state index contributed by atoms with van der Waals surface area (Å²) >= 11 is 0. The lowest BCUT2D eigenvalue weighted by molar-refractivity contribution is -0.125. The molecule has 3 nitrogen and oxygen atoms in total. The molecule has 2 unspecified atom stereocenters. The van der Waals surface area contributed by atoms with Gasteiger partial charge in [-0.3, -0.25) is 4.79 Å². The van der Waals surface area contributed by atoms with Crippen LogP contribution < -0.4 is 11.1 Å². The van der Waals surface area contributed by atoms with Crippen molar-refractivity contribution in [2.75, 3.05) is 6.54 Å². The maximum Gasteiger partial charge on any atom is 0.224 e. The van der Waals surface area contributed by atoms with Gasteiger partial charge in [-0.25, -0.2) is 0 Å². The van der Waals surface area contributed by atoms with Crippen LogP contribution in [0.25, 0.3) is 0 Å². The Morgan fingerprint density at radius 1 is 1.30 bits per heavy atom. The Hall–Kier alpha value is -1.06. The molecule has 1 aromatic rings. The molecule has 3 N–H and O–H groups in total. The number of nitrogens with two attached hydrogens (primary N) is 1. The molecule has 20 heavy (non-hydrogen) atoms. The molecule has 0 spiro atoms. The zero-order valence-electron chi connectivity index (χ0n) is 12.0. The monoisotopic (exact) mass is 296 g/mol.